The molecule has 3 aromatic carbocycles. The number of halogens is 1. The number of benzene rings is 3. The predicted molar refractivity (Wildman–Crippen MR) is 139 cm³/mol. The summed E-state index contributed by atoms with van der Waals surface area (Å²) in [6, 6.07) is 18.3. The van der Waals surface area contributed by atoms with Crippen LogP contribution < -0.4 is 15.4 Å². The second kappa shape index (κ2) is 12.2. The van der Waals surface area contributed by atoms with Crippen molar-refractivity contribution in [1.29, 1.82) is 0 Å². The highest BCUT2D eigenvalue weighted by Gasteiger charge is 2.12. The zero-order chi connectivity index (χ0) is 25.4. The maximum absolute atomic E-state index is 12.2. The molecule has 2 amide bonds. The van der Waals surface area contributed by atoms with E-state index in [1.54, 1.807) is 36.4 Å². The number of nitrogens with one attached hydrogen (secondary N) is 2. The van der Waals surface area contributed by atoms with Crippen LogP contribution in [0.15, 0.2) is 65.1 Å². The number of amides is 2. The average molecular weight is 539 g/mol. The monoisotopic (exact) mass is 538 g/mol. The highest BCUT2D eigenvalue weighted by molar-refractivity contribution is 9.10. The Balaban J connectivity index is 1.39. The lowest BCUT2D eigenvalue weighted by Gasteiger charge is -2.12. The molecule has 3 aromatic rings. The first-order valence-corrected chi connectivity index (χ1v) is 11.9. The summed E-state index contributed by atoms with van der Waals surface area (Å²) < 4.78 is 11.9. The molecule has 3 rings (SSSR count). The van der Waals surface area contributed by atoms with E-state index in [0.717, 1.165) is 26.9 Å². The summed E-state index contributed by atoms with van der Waals surface area (Å²) >= 11 is 3.39. The van der Waals surface area contributed by atoms with E-state index in [9.17, 15) is 14.4 Å². The minimum absolute atomic E-state index is 0.0625. The molecule has 8 heteroatoms. The summed E-state index contributed by atoms with van der Waals surface area (Å²) in [4.78, 5) is 36.1. The van der Waals surface area contributed by atoms with Gasteiger partial charge < -0.3 is 20.1 Å². The van der Waals surface area contributed by atoms with E-state index in [1.807, 2.05) is 45.0 Å². The smallest absolute Gasteiger partial charge is 0.306 e. The van der Waals surface area contributed by atoms with Crippen molar-refractivity contribution >= 4 is 45.1 Å². The lowest BCUT2D eigenvalue weighted by molar-refractivity contribution is -0.147. The van der Waals surface area contributed by atoms with Crippen molar-refractivity contribution in [2.45, 2.75) is 33.6 Å². The number of carbonyl (C=O) groups excluding carboxylic acids is 3. The number of rotatable bonds is 9. The number of ether oxygens (including phenoxy) is 2. The molecule has 0 saturated heterocycles. The Labute approximate surface area is 213 Å². The molecule has 0 spiro atoms. The molecule has 182 valence electrons. The third kappa shape index (κ3) is 7.96. The number of carbonyl (C=O) groups is 3. The number of esters is 1. The molecule has 7 nitrogen and oxygen atoms in total. The van der Waals surface area contributed by atoms with Gasteiger partial charge >= 0.3 is 5.97 Å². The molecule has 0 fully saturated rings. The van der Waals surface area contributed by atoms with Crippen LogP contribution in [0.5, 0.6) is 11.5 Å². The van der Waals surface area contributed by atoms with Crippen LogP contribution in [0.3, 0.4) is 0 Å². The number of hydrogen-bond acceptors (Lipinski definition) is 5. The first-order valence-electron chi connectivity index (χ1n) is 11.1. The van der Waals surface area contributed by atoms with E-state index in [2.05, 4.69) is 26.6 Å². The Morgan fingerprint density at radius 2 is 1.40 bits per heavy atom. The second-order valence-corrected chi connectivity index (χ2v) is 8.92. The van der Waals surface area contributed by atoms with Gasteiger partial charge in [0.2, 0.25) is 5.91 Å². The Bertz CT molecular complexity index is 1200. The molecule has 35 heavy (non-hydrogen) atoms. The Kier molecular flexibility index (Phi) is 9.03. The minimum atomic E-state index is -0.625. The first-order chi connectivity index (χ1) is 16.7. The predicted octanol–water partition coefficient (Wildman–Crippen LogP) is 6.07. The molecular weight excluding hydrogens is 512 g/mol. The molecule has 0 saturated carbocycles. The van der Waals surface area contributed by atoms with Gasteiger partial charge in [0.25, 0.3) is 5.91 Å². The van der Waals surface area contributed by atoms with Gasteiger partial charge in [0.15, 0.2) is 6.61 Å². The Morgan fingerprint density at radius 1 is 0.771 bits per heavy atom. The zero-order valence-corrected chi connectivity index (χ0v) is 21.4. The summed E-state index contributed by atoms with van der Waals surface area (Å²) in [6.45, 7) is 5.45. The molecular formula is C27H27BrN2O5. The second-order valence-electron chi connectivity index (χ2n) is 8.07. The molecule has 0 aromatic heterocycles. The largest absolute Gasteiger partial charge is 0.457 e. The fraction of sp³-hybridized carbons (Fsp3) is 0.222. The van der Waals surface area contributed by atoms with E-state index in [-0.39, 0.29) is 18.7 Å². The fourth-order valence-corrected chi connectivity index (χ4v) is 3.51. The van der Waals surface area contributed by atoms with Crippen LogP contribution >= 0.6 is 15.9 Å². The quantitative estimate of drug-likeness (QED) is 0.322. The van der Waals surface area contributed by atoms with Crippen LogP contribution in [-0.2, 0) is 19.1 Å². The average Bonchev–Trinajstić information content (AvgIpc) is 2.82. The van der Waals surface area contributed by atoms with Gasteiger partial charge in [-0.3, -0.25) is 14.4 Å². The number of anilines is 2. The molecule has 0 aliphatic heterocycles. The topological polar surface area (TPSA) is 93.7 Å². The van der Waals surface area contributed by atoms with Crippen LogP contribution in [-0.4, -0.2) is 24.4 Å². The molecule has 0 atom stereocenters. The van der Waals surface area contributed by atoms with Crippen LogP contribution in [0.1, 0.15) is 29.5 Å². The van der Waals surface area contributed by atoms with E-state index < -0.39 is 18.5 Å². The number of aryl methyl sites for hydroxylation is 3. The molecule has 0 bridgehead atoms. The highest BCUT2D eigenvalue weighted by Crippen LogP contribution is 2.29. The zero-order valence-electron chi connectivity index (χ0n) is 19.8. The van der Waals surface area contributed by atoms with Gasteiger partial charge in [0.1, 0.15) is 11.5 Å². The van der Waals surface area contributed by atoms with Crippen molar-refractivity contribution in [1.82, 2.24) is 0 Å². The highest BCUT2D eigenvalue weighted by atomic mass is 79.9. The standard InChI is InChI=1S/C27H27BrN2O5/c1-17-5-4-6-18(2)27(17)35-22-10-7-20(8-11-22)29-24(31)13-14-26(33)34-16-25(32)30-21-9-12-23(28)19(3)15-21/h4-12,15H,13-14,16H2,1-3H3,(H,29,31)(H,30,32). The fourth-order valence-electron chi connectivity index (χ4n) is 3.26. The Morgan fingerprint density at radius 3 is 2.06 bits per heavy atom. The number of para-hydroxylation sites is 1. The van der Waals surface area contributed by atoms with Crippen LogP contribution in [0.2, 0.25) is 0 Å². The van der Waals surface area contributed by atoms with E-state index in [0.29, 0.717) is 17.1 Å². The number of hydrogen-bond donors (Lipinski definition) is 2. The molecule has 0 aliphatic carbocycles. The first kappa shape index (κ1) is 26.0. The van der Waals surface area contributed by atoms with Gasteiger partial charge in [-0.1, -0.05) is 34.1 Å². The van der Waals surface area contributed by atoms with Crippen molar-refractivity contribution in [3.8, 4) is 11.5 Å². The molecule has 2 N–H and O–H groups in total. The summed E-state index contributed by atoms with van der Waals surface area (Å²) in [5, 5.41) is 5.40. The van der Waals surface area contributed by atoms with Crippen molar-refractivity contribution in [2.24, 2.45) is 0 Å². The maximum atomic E-state index is 12.2. The van der Waals surface area contributed by atoms with Gasteiger partial charge in [0.05, 0.1) is 6.42 Å². The van der Waals surface area contributed by atoms with Gasteiger partial charge in [-0.15, -0.1) is 0 Å². The van der Waals surface area contributed by atoms with Crippen molar-refractivity contribution in [3.05, 3.63) is 81.8 Å². The van der Waals surface area contributed by atoms with Gasteiger partial charge in [-0.05, 0) is 79.9 Å². The van der Waals surface area contributed by atoms with Crippen molar-refractivity contribution in [3.63, 3.8) is 0 Å². The van der Waals surface area contributed by atoms with Crippen LogP contribution in [0.4, 0.5) is 11.4 Å². The Hall–Kier alpha value is -3.65. The molecule has 0 unspecified atom stereocenters. The maximum Gasteiger partial charge on any atom is 0.306 e. The van der Waals surface area contributed by atoms with Gasteiger partial charge in [-0.25, -0.2) is 0 Å². The molecule has 0 aliphatic rings. The summed E-state index contributed by atoms with van der Waals surface area (Å²) in [6.07, 6.45) is -0.197. The third-order valence-corrected chi connectivity index (χ3v) is 6.02. The van der Waals surface area contributed by atoms with Gasteiger partial charge in [0, 0.05) is 22.3 Å². The molecule has 0 heterocycles. The van der Waals surface area contributed by atoms with E-state index in [4.69, 9.17) is 9.47 Å². The minimum Gasteiger partial charge on any atom is -0.457 e. The normalized spacial score (nSPS) is 10.4. The summed E-state index contributed by atoms with van der Waals surface area (Å²) in [5.74, 6) is 0.0523. The third-order valence-electron chi connectivity index (χ3n) is 5.13. The van der Waals surface area contributed by atoms with Crippen molar-refractivity contribution < 1.29 is 23.9 Å². The van der Waals surface area contributed by atoms with Gasteiger partial charge in [-0.2, -0.15) is 0 Å². The van der Waals surface area contributed by atoms with Crippen LogP contribution in [0.25, 0.3) is 0 Å². The lowest BCUT2D eigenvalue weighted by Crippen LogP contribution is -2.21. The molecule has 0 radical (unpaired) electrons. The lowest BCUT2D eigenvalue weighted by atomic mass is 10.1. The SMILES string of the molecule is Cc1cc(NC(=O)COC(=O)CCC(=O)Nc2ccc(Oc3c(C)cccc3C)cc2)ccc1Br. The van der Waals surface area contributed by atoms with E-state index in [1.165, 1.54) is 0 Å². The summed E-state index contributed by atoms with van der Waals surface area (Å²) in [5.41, 5.74) is 4.23. The van der Waals surface area contributed by atoms with Crippen LogP contribution in [0, 0.1) is 20.8 Å². The van der Waals surface area contributed by atoms with E-state index >= 15 is 0 Å². The van der Waals surface area contributed by atoms with Crippen molar-refractivity contribution in [2.75, 3.05) is 17.2 Å². The summed E-state index contributed by atoms with van der Waals surface area (Å²) in [7, 11) is 0.